The lowest BCUT2D eigenvalue weighted by molar-refractivity contribution is -0.0281. The minimum absolute atomic E-state index is 0.206. The Labute approximate surface area is 101 Å². The van der Waals surface area contributed by atoms with E-state index in [4.69, 9.17) is 15.2 Å². The van der Waals surface area contributed by atoms with Gasteiger partial charge in [-0.15, -0.1) is 0 Å². The summed E-state index contributed by atoms with van der Waals surface area (Å²) >= 11 is 0. The summed E-state index contributed by atoms with van der Waals surface area (Å²) in [5, 5.41) is 0. The summed E-state index contributed by atoms with van der Waals surface area (Å²) < 4.78 is 10.5. The molecular weight excluding hydrogens is 220 g/mol. The maximum absolute atomic E-state index is 11.6. The van der Waals surface area contributed by atoms with Crippen molar-refractivity contribution >= 4 is 11.7 Å². The summed E-state index contributed by atoms with van der Waals surface area (Å²) in [6.45, 7) is 6.39. The van der Waals surface area contributed by atoms with Crippen molar-refractivity contribution in [3.05, 3.63) is 24.0 Å². The molecule has 5 nitrogen and oxygen atoms in total. The molecule has 0 aliphatic rings. The number of hydrogen-bond donors (Lipinski definition) is 1. The van der Waals surface area contributed by atoms with Gasteiger partial charge >= 0.3 is 5.97 Å². The highest BCUT2D eigenvalue weighted by molar-refractivity contribution is 5.94. The standard InChI is InChI=1S/C12H18N2O3/c1-12(2,3)17-7-6-16-11(15)9-4-5-14-8-10(9)13/h4-5,8H,6-7,13H2,1-3H3. The van der Waals surface area contributed by atoms with Crippen LogP contribution < -0.4 is 5.73 Å². The van der Waals surface area contributed by atoms with Gasteiger partial charge < -0.3 is 15.2 Å². The van der Waals surface area contributed by atoms with Crippen LogP contribution in [-0.4, -0.2) is 29.8 Å². The van der Waals surface area contributed by atoms with E-state index in [1.165, 1.54) is 18.5 Å². The molecule has 0 radical (unpaired) electrons. The number of anilines is 1. The normalized spacial score (nSPS) is 11.2. The molecule has 1 rings (SSSR count). The van der Waals surface area contributed by atoms with Crippen molar-refractivity contribution in [1.29, 1.82) is 0 Å². The quantitative estimate of drug-likeness (QED) is 0.637. The summed E-state index contributed by atoms with van der Waals surface area (Å²) in [4.78, 5) is 15.4. The summed E-state index contributed by atoms with van der Waals surface area (Å²) in [6.07, 6.45) is 2.92. The van der Waals surface area contributed by atoms with E-state index in [2.05, 4.69) is 4.98 Å². The highest BCUT2D eigenvalue weighted by atomic mass is 16.6. The molecule has 0 amide bonds. The highest BCUT2D eigenvalue weighted by Crippen LogP contribution is 2.10. The maximum atomic E-state index is 11.6. The Hall–Kier alpha value is -1.62. The Bertz CT molecular complexity index is 386. The van der Waals surface area contributed by atoms with Gasteiger partial charge in [0.25, 0.3) is 0 Å². The number of carbonyl (C=O) groups excluding carboxylic acids is 1. The summed E-state index contributed by atoms with van der Waals surface area (Å²) in [7, 11) is 0. The SMILES string of the molecule is CC(C)(C)OCCOC(=O)c1ccncc1N. The fourth-order valence-corrected chi connectivity index (χ4v) is 1.15. The van der Waals surface area contributed by atoms with Gasteiger partial charge in [0.1, 0.15) is 6.61 Å². The van der Waals surface area contributed by atoms with E-state index >= 15 is 0 Å². The van der Waals surface area contributed by atoms with Crippen molar-refractivity contribution < 1.29 is 14.3 Å². The molecular formula is C12H18N2O3. The predicted octanol–water partition coefficient (Wildman–Crippen LogP) is 1.64. The molecule has 0 aliphatic heterocycles. The molecule has 17 heavy (non-hydrogen) atoms. The molecule has 0 aliphatic carbocycles. The molecule has 1 heterocycles. The van der Waals surface area contributed by atoms with E-state index in [1.807, 2.05) is 20.8 Å². The molecule has 1 aromatic rings. The smallest absolute Gasteiger partial charge is 0.340 e. The van der Waals surface area contributed by atoms with Crippen LogP contribution >= 0.6 is 0 Å². The molecule has 0 aromatic carbocycles. The van der Waals surface area contributed by atoms with Crippen molar-refractivity contribution in [2.75, 3.05) is 18.9 Å². The summed E-state index contributed by atoms with van der Waals surface area (Å²) in [5.41, 5.74) is 6.01. The first kappa shape index (κ1) is 13.4. The van der Waals surface area contributed by atoms with Gasteiger partial charge in [-0.3, -0.25) is 4.98 Å². The third-order valence-electron chi connectivity index (χ3n) is 1.92. The van der Waals surface area contributed by atoms with Crippen molar-refractivity contribution in [1.82, 2.24) is 4.98 Å². The first-order valence-electron chi connectivity index (χ1n) is 5.41. The zero-order chi connectivity index (χ0) is 12.9. The number of aromatic nitrogens is 1. The van der Waals surface area contributed by atoms with Gasteiger partial charge in [-0.05, 0) is 26.8 Å². The third kappa shape index (κ3) is 4.82. The molecule has 0 bridgehead atoms. The highest BCUT2D eigenvalue weighted by Gasteiger charge is 2.12. The predicted molar refractivity (Wildman–Crippen MR) is 64.6 cm³/mol. The minimum Gasteiger partial charge on any atom is -0.460 e. The van der Waals surface area contributed by atoms with Crippen molar-refractivity contribution in [3.63, 3.8) is 0 Å². The lowest BCUT2D eigenvalue weighted by Crippen LogP contribution is -2.22. The van der Waals surface area contributed by atoms with Crippen molar-refractivity contribution in [3.8, 4) is 0 Å². The number of rotatable bonds is 4. The largest absolute Gasteiger partial charge is 0.460 e. The fraction of sp³-hybridized carbons (Fsp3) is 0.500. The molecule has 0 saturated carbocycles. The molecule has 1 aromatic heterocycles. The van der Waals surface area contributed by atoms with Gasteiger partial charge in [-0.25, -0.2) is 4.79 Å². The van der Waals surface area contributed by atoms with Gasteiger partial charge in [0.2, 0.25) is 0 Å². The number of nitrogen functional groups attached to an aromatic ring is 1. The zero-order valence-corrected chi connectivity index (χ0v) is 10.4. The van der Waals surface area contributed by atoms with Crippen molar-refractivity contribution in [2.24, 2.45) is 0 Å². The number of ether oxygens (including phenoxy) is 2. The Morgan fingerprint density at radius 1 is 1.41 bits per heavy atom. The van der Waals surface area contributed by atoms with Crippen LogP contribution in [0.4, 0.5) is 5.69 Å². The molecule has 0 saturated heterocycles. The second-order valence-electron chi connectivity index (χ2n) is 4.56. The molecule has 0 atom stereocenters. The Kier molecular flexibility index (Phi) is 4.45. The van der Waals surface area contributed by atoms with E-state index in [9.17, 15) is 4.79 Å². The monoisotopic (exact) mass is 238 g/mol. The summed E-state index contributed by atoms with van der Waals surface area (Å²) in [6, 6.07) is 1.53. The lowest BCUT2D eigenvalue weighted by atomic mass is 10.2. The molecule has 0 fully saturated rings. The van der Waals surface area contributed by atoms with E-state index in [0.29, 0.717) is 17.9 Å². The van der Waals surface area contributed by atoms with Crippen LogP contribution in [0, 0.1) is 0 Å². The topological polar surface area (TPSA) is 74.4 Å². The molecule has 94 valence electrons. The van der Waals surface area contributed by atoms with Gasteiger partial charge in [0.15, 0.2) is 0 Å². The molecule has 0 spiro atoms. The zero-order valence-electron chi connectivity index (χ0n) is 10.4. The van der Waals surface area contributed by atoms with Gasteiger partial charge in [0.05, 0.1) is 29.7 Å². The number of carbonyl (C=O) groups is 1. The number of nitrogens with two attached hydrogens (primary N) is 1. The molecule has 2 N–H and O–H groups in total. The Morgan fingerprint density at radius 2 is 2.12 bits per heavy atom. The second-order valence-corrected chi connectivity index (χ2v) is 4.56. The Balaban J connectivity index is 2.39. The van der Waals surface area contributed by atoms with Gasteiger partial charge in [-0.2, -0.15) is 0 Å². The maximum Gasteiger partial charge on any atom is 0.340 e. The minimum atomic E-state index is -0.456. The molecule has 0 unspecified atom stereocenters. The van der Waals surface area contributed by atoms with Gasteiger partial charge in [0, 0.05) is 6.20 Å². The second kappa shape index (κ2) is 5.63. The van der Waals surface area contributed by atoms with E-state index < -0.39 is 5.97 Å². The van der Waals surface area contributed by atoms with Crippen LogP contribution in [0.25, 0.3) is 0 Å². The average Bonchev–Trinajstić information content (AvgIpc) is 2.23. The van der Waals surface area contributed by atoms with Gasteiger partial charge in [-0.1, -0.05) is 0 Å². The van der Waals surface area contributed by atoms with E-state index in [0.717, 1.165) is 0 Å². The van der Waals surface area contributed by atoms with Crippen LogP contribution in [0.5, 0.6) is 0 Å². The number of pyridine rings is 1. The number of esters is 1. The number of hydrogen-bond acceptors (Lipinski definition) is 5. The molecule has 5 heteroatoms. The van der Waals surface area contributed by atoms with Crippen LogP contribution in [0.15, 0.2) is 18.5 Å². The average molecular weight is 238 g/mol. The first-order valence-corrected chi connectivity index (χ1v) is 5.41. The van der Waals surface area contributed by atoms with Crippen LogP contribution in [0.2, 0.25) is 0 Å². The van der Waals surface area contributed by atoms with Crippen LogP contribution in [-0.2, 0) is 9.47 Å². The van der Waals surface area contributed by atoms with E-state index in [1.54, 1.807) is 0 Å². The summed E-state index contributed by atoms with van der Waals surface area (Å²) in [5.74, 6) is -0.456. The fourth-order valence-electron chi connectivity index (χ4n) is 1.15. The van der Waals surface area contributed by atoms with E-state index in [-0.39, 0.29) is 12.2 Å². The first-order chi connectivity index (χ1) is 7.90. The van der Waals surface area contributed by atoms with Crippen molar-refractivity contribution in [2.45, 2.75) is 26.4 Å². The third-order valence-corrected chi connectivity index (χ3v) is 1.92. The van der Waals surface area contributed by atoms with Crippen LogP contribution in [0.1, 0.15) is 31.1 Å². The number of nitrogens with zero attached hydrogens (tertiary/aromatic N) is 1. The lowest BCUT2D eigenvalue weighted by Gasteiger charge is -2.19. The Morgan fingerprint density at radius 3 is 2.71 bits per heavy atom. The van der Waals surface area contributed by atoms with Crippen LogP contribution in [0.3, 0.4) is 0 Å².